The Kier molecular flexibility index (Phi) is 4.07. The van der Waals surface area contributed by atoms with Gasteiger partial charge in [-0.05, 0) is 25.7 Å². The van der Waals surface area contributed by atoms with Crippen LogP contribution in [0.3, 0.4) is 0 Å². The molecule has 0 saturated heterocycles. The number of hydrogen-bond acceptors (Lipinski definition) is 4. The minimum absolute atomic E-state index is 0.0197. The summed E-state index contributed by atoms with van der Waals surface area (Å²) in [7, 11) is 0. The second kappa shape index (κ2) is 6.02. The molecular weight excluding hydrogens is 294 g/mol. The first-order valence-corrected chi connectivity index (χ1v) is 7.99. The van der Waals surface area contributed by atoms with E-state index < -0.39 is 22.8 Å². The standard InChI is InChI=1S/C17H21N3O3/c18-16(23)14-15(22)13(21)10-20(19-14)11-17(8-4-5-9-17)12-6-2-1-3-7-12/h1-2,6,10,21H,3-5,7-9,11H2,(H2,18,23). The molecule has 1 heterocycles. The largest absolute Gasteiger partial charge is 0.503 e. The first kappa shape index (κ1) is 15.5. The zero-order chi connectivity index (χ0) is 16.4. The van der Waals surface area contributed by atoms with Crippen LogP contribution in [0.25, 0.3) is 0 Å². The maximum atomic E-state index is 11.7. The number of carbonyl (C=O) groups excluding carboxylic acids is 1. The van der Waals surface area contributed by atoms with Gasteiger partial charge in [0, 0.05) is 5.41 Å². The third kappa shape index (κ3) is 2.93. The molecule has 1 amide bonds. The van der Waals surface area contributed by atoms with Crippen molar-refractivity contribution in [3.05, 3.63) is 45.9 Å². The van der Waals surface area contributed by atoms with Gasteiger partial charge in [-0.2, -0.15) is 5.10 Å². The van der Waals surface area contributed by atoms with Crippen LogP contribution in [0.4, 0.5) is 0 Å². The molecule has 0 aliphatic heterocycles. The molecule has 0 spiro atoms. The molecule has 2 aliphatic carbocycles. The van der Waals surface area contributed by atoms with Crippen molar-refractivity contribution >= 4 is 5.91 Å². The molecule has 122 valence electrons. The number of amides is 1. The van der Waals surface area contributed by atoms with Crippen molar-refractivity contribution in [3.8, 4) is 5.75 Å². The van der Waals surface area contributed by atoms with Crippen LogP contribution < -0.4 is 11.2 Å². The van der Waals surface area contributed by atoms with E-state index in [-0.39, 0.29) is 5.41 Å². The number of nitrogens with two attached hydrogens (primary N) is 1. The van der Waals surface area contributed by atoms with E-state index in [4.69, 9.17) is 5.73 Å². The van der Waals surface area contributed by atoms with Gasteiger partial charge in [-0.1, -0.05) is 36.6 Å². The molecule has 0 bridgehead atoms. The summed E-state index contributed by atoms with van der Waals surface area (Å²) in [6.45, 7) is 0.542. The Morgan fingerprint density at radius 3 is 2.74 bits per heavy atom. The van der Waals surface area contributed by atoms with Crippen LogP contribution in [-0.2, 0) is 6.54 Å². The molecular formula is C17H21N3O3. The van der Waals surface area contributed by atoms with Gasteiger partial charge in [0.2, 0.25) is 0 Å². The third-order valence-corrected chi connectivity index (χ3v) is 4.90. The van der Waals surface area contributed by atoms with Crippen molar-refractivity contribution in [3.63, 3.8) is 0 Å². The van der Waals surface area contributed by atoms with Crippen LogP contribution in [0.1, 0.15) is 49.0 Å². The first-order chi connectivity index (χ1) is 11.0. The number of primary amides is 1. The molecule has 0 atom stereocenters. The molecule has 6 nitrogen and oxygen atoms in total. The predicted molar refractivity (Wildman–Crippen MR) is 86.0 cm³/mol. The summed E-state index contributed by atoms with van der Waals surface area (Å²) in [4.78, 5) is 23.1. The molecule has 6 heteroatoms. The van der Waals surface area contributed by atoms with E-state index in [2.05, 4.69) is 23.3 Å². The minimum atomic E-state index is -0.917. The number of aromatic nitrogens is 2. The normalized spacial score (nSPS) is 19.6. The Hall–Kier alpha value is -2.37. The van der Waals surface area contributed by atoms with Gasteiger partial charge in [-0.15, -0.1) is 0 Å². The second-order valence-corrected chi connectivity index (χ2v) is 6.40. The van der Waals surface area contributed by atoms with E-state index in [1.165, 1.54) is 16.5 Å². The Bertz CT molecular complexity index is 740. The van der Waals surface area contributed by atoms with E-state index in [9.17, 15) is 14.7 Å². The zero-order valence-corrected chi connectivity index (χ0v) is 13.0. The molecule has 0 unspecified atom stereocenters. The van der Waals surface area contributed by atoms with Gasteiger partial charge in [0.25, 0.3) is 11.3 Å². The maximum Gasteiger partial charge on any atom is 0.273 e. The van der Waals surface area contributed by atoms with Crippen LogP contribution >= 0.6 is 0 Å². The highest BCUT2D eigenvalue weighted by Crippen LogP contribution is 2.47. The van der Waals surface area contributed by atoms with E-state index >= 15 is 0 Å². The SMILES string of the molecule is NC(=O)c1nn(CC2(C3=CC=CCC3)CCCC2)cc(O)c1=O. The van der Waals surface area contributed by atoms with Crippen molar-refractivity contribution < 1.29 is 9.90 Å². The minimum Gasteiger partial charge on any atom is -0.503 e. The van der Waals surface area contributed by atoms with E-state index in [1.807, 2.05) is 0 Å². The van der Waals surface area contributed by atoms with Gasteiger partial charge < -0.3 is 10.8 Å². The van der Waals surface area contributed by atoms with Crippen LogP contribution in [0.15, 0.2) is 34.8 Å². The lowest BCUT2D eigenvalue weighted by atomic mass is 9.75. The van der Waals surface area contributed by atoms with Crippen LogP contribution in [0.2, 0.25) is 0 Å². The van der Waals surface area contributed by atoms with Crippen LogP contribution in [-0.4, -0.2) is 20.8 Å². The summed E-state index contributed by atoms with van der Waals surface area (Å²) < 4.78 is 1.50. The molecule has 0 aromatic carbocycles. The highest BCUT2D eigenvalue weighted by Gasteiger charge is 2.38. The number of aromatic hydroxyl groups is 1. The van der Waals surface area contributed by atoms with Crippen molar-refractivity contribution in [1.29, 1.82) is 0 Å². The highest BCUT2D eigenvalue weighted by molar-refractivity contribution is 5.90. The van der Waals surface area contributed by atoms with Gasteiger partial charge in [-0.3, -0.25) is 14.3 Å². The number of rotatable bonds is 4. The molecule has 1 aromatic rings. The Morgan fingerprint density at radius 2 is 2.13 bits per heavy atom. The fraction of sp³-hybridized carbons (Fsp3) is 0.471. The number of carbonyl (C=O) groups is 1. The maximum absolute atomic E-state index is 11.7. The van der Waals surface area contributed by atoms with Crippen molar-refractivity contribution in [2.75, 3.05) is 0 Å². The Labute approximate surface area is 134 Å². The molecule has 2 aliphatic rings. The molecule has 1 fully saturated rings. The summed E-state index contributed by atoms with van der Waals surface area (Å²) in [6, 6.07) is 0. The van der Waals surface area contributed by atoms with E-state index in [0.29, 0.717) is 6.54 Å². The topological polar surface area (TPSA) is 98.2 Å². The Morgan fingerprint density at radius 1 is 1.39 bits per heavy atom. The summed E-state index contributed by atoms with van der Waals surface area (Å²) in [5.74, 6) is -1.40. The number of hydrogen-bond donors (Lipinski definition) is 2. The molecule has 1 saturated carbocycles. The quantitative estimate of drug-likeness (QED) is 0.886. The fourth-order valence-corrected chi connectivity index (χ4v) is 3.75. The van der Waals surface area contributed by atoms with Gasteiger partial charge >= 0.3 is 0 Å². The summed E-state index contributed by atoms with van der Waals surface area (Å²) in [5.41, 5.74) is 5.34. The lowest BCUT2D eigenvalue weighted by Gasteiger charge is -2.33. The average molecular weight is 315 g/mol. The van der Waals surface area contributed by atoms with Gasteiger partial charge in [-0.25, -0.2) is 0 Å². The molecule has 0 radical (unpaired) electrons. The summed E-state index contributed by atoms with van der Waals surface area (Å²) in [5, 5.41) is 13.9. The lowest BCUT2D eigenvalue weighted by Crippen LogP contribution is -2.31. The predicted octanol–water partition coefficient (Wildman–Crippen LogP) is 1.88. The van der Waals surface area contributed by atoms with Crippen molar-refractivity contribution in [2.45, 2.75) is 45.1 Å². The first-order valence-electron chi connectivity index (χ1n) is 7.99. The van der Waals surface area contributed by atoms with Gasteiger partial charge in [0.05, 0.1) is 12.7 Å². The van der Waals surface area contributed by atoms with Gasteiger partial charge in [0.15, 0.2) is 11.4 Å². The van der Waals surface area contributed by atoms with Gasteiger partial charge in [0.1, 0.15) is 0 Å². The fourth-order valence-electron chi connectivity index (χ4n) is 3.75. The number of allylic oxidation sites excluding steroid dienone is 4. The zero-order valence-electron chi connectivity index (χ0n) is 13.0. The summed E-state index contributed by atoms with van der Waals surface area (Å²) >= 11 is 0. The lowest BCUT2D eigenvalue weighted by molar-refractivity contribution is 0.0990. The monoisotopic (exact) mass is 315 g/mol. The third-order valence-electron chi connectivity index (χ3n) is 4.90. The van der Waals surface area contributed by atoms with Crippen LogP contribution in [0.5, 0.6) is 5.75 Å². The summed E-state index contributed by atoms with van der Waals surface area (Å²) in [6.07, 6.45) is 14.2. The molecule has 3 N–H and O–H groups in total. The molecule has 1 aromatic heterocycles. The average Bonchev–Trinajstić information content (AvgIpc) is 3.01. The molecule has 3 rings (SSSR count). The van der Waals surface area contributed by atoms with Crippen LogP contribution in [0, 0.1) is 5.41 Å². The van der Waals surface area contributed by atoms with E-state index in [1.54, 1.807) is 0 Å². The van der Waals surface area contributed by atoms with Crippen molar-refractivity contribution in [1.82, 2.24) is 9.78 Å². The second-order valence-electron chi connectivity index (χ2n) is 6.40. The smallest absolute Gasteiger partial charge is 0.273 e. The van der Waals surface area contributed by atoms with Crippen molar-refractivity contribution in [2.24, 2.45) is 11.1 Å². The highest BCUT2D eigenvalue weighted by atomic mass is 16.3. The Balaban J connectivity index is 1.98. The number of nitrogens with zero attached hydrogens (tertiary/aromatic N) is 2. The van der Waals surface area contributed by atoms with E-state index in [0.717, 1.165) is 38.5 Å². The molecule has 23 heavy (non-hydrogen) atoms.